The Morgan fingerprint density at radius 3 is 2.57 bits per heavy atom. The highest BCUT2D eigenvalue weighted by atomic mass is 16.2. The maximum atomic E-state index is 12.4. The molecule has 1 fully saturated rings. The van der Waals surface area contributed by atoms with E-state index in [0.29, 0.717) is 12.2 Å². The summed E-state index contributed by atoms with van der Waals surface area (Å²) in [7, 11) is 1.50. The third-order valence-corrected chi connectivity index (χ3v) is 4.61. The van der Waals surface area contributed by atoms with Crippen LogP contribution in [0.25, 0.3) is 0 Å². The molecule has 1 heterocycles. The monoisotopic (exact) mass is 294 g/mol. The number of nitrogen functional groups attached to an aromatic ring is 1. The van der Waals surface area contributed by atoms with Gasteiger partial charge in [-0.05, 0) is 24.7 Å². The molecule has 1 atom stereocenters. The van der Waals surface area contributed by atoms with Crippen molar-refractivity contribution in [3.05, 3.63) is 20.8 Å². The molecule has 118 valence electrons. The lowest BCUT2D eigenvalue weighted by atomic mass is 9.87. The Balaban J connectivity index is 2.49. The van der Waals surface area contributed by atoms with E-state index in [1.165, 1.54) is 11.6 Å². The van der Waals surface area contributed by atoms with E-state index < -0.39 is 0 Å². The SMILES string of the molecule is CCCn1c(N)c(NC2CCCC2(C)C)c(=O)n(C)c1=O. The van der Waals surface area contributed by atoms with Gasteiger partial charge in [-0.25, -0.2) is 4.79 Å². The Morgan fingerprint density at radius 2 is 2.05 bits per heavy atom. The fourth-order valence-corrected chi connectivity index (χ4v) is 3.13. The Morgan fingerprint density at radius 1 is 1.38 bits per heavy atom. The average molecular weight is 294 g/mol. The summed E-state index contributed by atoms with van der Waals surface area (Å²) in [4.78, 5) is 24.5. The number of nitrogens with one attached hydrogen (secondary N) is 1. The Bertz CT molecular complexity index is 642. The summed E-state index contributed by atoms with van der Waals surface area (Å²) in [5.74, 6) is 0.257. The summed E-state index contributed by atoms with van der Waals surface area (Å²) in [5, 5.41) is 3.32. The summed E-state index contributed by atoms with van der Waals surface area (Å²) in [6.07, 6.45) is 4.07. The lowest BCUT2D eigenvalue weighted by Gasteiger charge is -2.29. The Labute approximate surface area is 125 Å². The summed E-state index contributed by atoms with van der Waals surface area (Å²) >= 11 is 0. The van der Waals surface area contributed by atoms with Crippen molar-refractivity contribution in [3.63, 3.8) is 0 Å². The Kier molecular flexibility index (Phi) is 4.16. The van der Waals surface area contributed by atoms with Crippen molar-refractivity contribution < 1.29 is 0 Å². The largest absolute Gasteiger partial charge is 0.383 e. The van der Waals surface area contributed by atoms with Gasteiger partial charge in [0.1, 0.15) is 11.5 Å². The minimum absolute atomic E-state index is 0.128. The van der Waals surface area contributed by atoms with Crippen LogP contribution in [0.3, 0.4) is 0 Å². The van der Waals surface area contributed by atoms with Crippen LogP contribution in [0.2, 0.25) is 0 Å². The predicted octanol–water partition coefficient (Wildman–Crippen LogP) is 1.53. The van der Waals surface area contributed by atoms with Gasteiger partial charge in [0, 0.05) is 19.6 Å². The quantitative estimate of drug-likeness (QED) is 0.882. The number of nitrogens with two attached hydrogens (primary N) is 1. The van der Waals surface area contributed by atoms with E-state index in [-0.39, 0.29) is 28.5 Å². The maximum absolute atomic E-state index is 12.4. The molecular formula is C15H26N4O2. The number of anilines is 2. The number of hydrogen-bond donors (Lipinski definition) is 2. The van der Waals surface area contributed by atoms with Crippen molar-refractivity contribution in [1.29, 1.82) is 0 Å². The second kappa shape index (κ2) is 5.58. The smallest absolute Gasteiger partial charge is 0.332 e. The summed E-state index contributed by atoms with van der Waals surface area (Å²) in [6.45, 7) is 6.88. The third-order valence-electron chi connectivity index (χ3n) is 4.61. The molecule has 0 bridgehead atoms. The first-order valence-corrected chi connectivity index (χ1v) is 7.65. The molecule has 1 unspecified atom stereocenters. The molecule has 1 aromatic rings. The molecule has 21 heavy (non-hydrogen) atoms. The van der Waals surface area contributed by atoms with Gasteiger partial charge in [-0.2, -0.15) is 0 Å². The van der Waals surface area contributed by atoms with Crippen LogP contribution in [0.5, 0.6) is 0 Å². The van der Waals surface area contributed by atoms with Crippen molar-refractivity contribution in [3.8, 4) is 0 Å². The van der Waals surface area contributed by atoms with E-state index in [9.17, 15) is 9.59 Å². The summed E-state index contributed by atoms with van der Waals surface area (Å²) < 4.78 is 2.61. The first kappa shape index (κ1) is 15.7. The van der Waals surface area contributed by atoms with Crippen LogP contribution in [-0.4, -0.2) is 15.2 Å². The highest BCUT2D eigenvalue weighted by Crippen LogP contribution is 2.39. The molecule has 3 N–H and O–H groups in total. The predicted molar refractivity (Wildman–Crippen MR) is 85.7 cm³/mol. The number of nitrogens with zero attached hydrogens (tertiary/aromatic N) is 2. The molecule has 1 aliphatic carbocycles. The van der Waals surface area contributed by atoms with Gasteiger partial charge in [0.05, 0.1) is 0 Å². The topological polar surface area (TPSA) is 82.0 Å². The van der Waals surface area contributed by atoms with Crippen LogP contribution in [0, 0.1) is 5.41 Å². The third kappa shape index (κ3) is 2.71. The van der Waals surface area contributed by atoms with Gasteiger partial charge in [0.25, 0.3) is 5.56 Å². The average Bonchev–Trinajstić information content (AvgIpc) is 2.76. The van der Waals surface area contributed by atoms with Crippen LogP contribution in [0.15, 0.2) is 9.59 Å². The van der Waals surface area contributed by atoms with Gasteiger partial charge < -0.3 is 11.1 Å². The van der Waals surface area contributed by atoms with Crippen LogP contribution < -0.4 is 22.3 Å². The molecule has 0 aliphatic heterocycles. The van der Waals surface area contributed by atoms with E-state index in [1.54, 1.807) is 0 Å². The van der Waals surface area contributed by atoms with Crippen molar-refractivity contribution in [2.45, 2.75) is 59.0 Å². The molecule has 1 aromatic heterocycles. The fourth-order valence-electron chi connectivity index (χ4n) is 3.13. The molecule has 6 nitrogen and oxygen atoms in total. The number of aromatic nitrogens is 2. The lowest BCUT2D eigenvalue weighted by Crippen LogP contribution is -2.43. The fraction of sp³-hybridized carbons (Fsp3) is 0.733. The second-order valence-corrected chi connectivity index (χ2v) is 6.64. The second-order valence-electron chi connectivity index (χ2n) is 6.64. The molecule has 1 aliphatic rings. The van der Waals surface area contributed by atoms with E-state index in [1.807, 2.05) is 6.92 Å². The van der Waals surface area contributed by atoms with Crippen LogP contribution in [0.1, 0.15) is 46.5 Å². The van der Waals surface area contributed by atoms with E-state index in [2.05, 4.69) is 19.2 Å². The van der Waals surface area contributed by atoms with Crippen molar-refractivity contribution >= 4 is 11.5 Å². The highest BCUT2D eigenvalue weighted by molar-refractivity contribution is 5.61. The molecular weight excluding hydrogens is 268 g/mol. The lowest BCUT2D eigenvalue weighted by molar-refractivity contribution is 0.349. The van der Waals surface area contributed by atoms with E-state index in [0.717, 1.165) is 30.3 Å². The first-order chi connectivity index (χ1) is 9.79. The van der Waals surface area contributed by atoms with Crippen molar-refractivity contribution in [2.75, 3.05) is 11.1 Å². The molecule has 0 saturated heterocycles. The molecule has 0 radical (unpaired) electrons. The molecule has 2 rings (SSSR count). The van der Waals surface area contributed by atoms with Crippen LogP contribution in [0.4, 0.5) is 11.5 Å². The van der Waals surface area contributed by atoms with Crippen LogP contribution >= 0.6 is 0 Å². The van der Waals surface area contributed by atoms with Gasteiger partial charge in [-0.1, -0.05) is 27.2 Å². The van der Waals surface area contributed by atoms with Crippen molar-refractivity contribution in [1.82, 2.24) is 9.13 Å². The zero-order valence-electron chi connectivity index (χ0n) is 13.4. The molecule has 1 saturated carbocycles. The minimum atomic E-state index is -0.351. The molecule has 0 amide bonds. The van der Waals surface area contributed by atoms with Gasteiger partial charge >= 0.3 is 5.69 Å². The summed E-state index contributed by atoms with van der Waals surface area (Å²) in [6, 6.07) is 0.208. The standard InChI is InChI=1S/C15H26N4O2/c1-5-9-19-12(16)11(13(20)18(4)14(19)21)17-10-7-6-8-15(10,2)3/h10,17H,5-9,16H2,1-4H3. The molecule has 0 aromatic carbocycles. The zero-order valence-corrected chi connectivity index (χ0v) is 13.4. The van der Waals surface area contributed by atoms with E-state index in [4.69, 9.17) is 5.73 Å². The van der Waals surface area contributed by atoms with Gasteiger partial charge in [0.2, 0.25) is 0 Å². The highest BCUT2D eigenvalue weighted by Gasteiger charge is 2.35. The molecule has 0 spiro atoms. The minimum Gasteiger partial charge on any atom is -0.383 e. The zero-order chi connectivity index (χ0) is 15.8. The normalized spacial score (nSPS) is 20.7. The maximum Gasteiger partial charge on any atom is 0.332 e. The van der Waals surface area contributed by atoms with Gasteiger partial charge in [0.15, 0.2) is 0 Å². The Hall–Kier alpha value is -1.72. The summed E-state index contributed by atoms with van der Waals surface area (Å²) in [5.41, 5.74) is 5.90. The van der Waals surface area contributed by atoms with Gasteiger partial charge in [-0.15, -0.1) is 0 Å². The number of rotatable bonds is 4. The molecule has 6 heteroatoms. The van der Waals surface area contributed by atoms with Gasteiger partial charge in [-0.3, -0.25) is 13.9 Å². The van der Waals surface area contributed by atoms with Crippen LogP contribution in [-0.2, 0) is 13.6 Å². The first-order valence-electron chi connectivity index (χ1n) is 7.65. The van der Waals surface area contributed by atoms with Crippen molar-refractivity contribution in [2.24, 2.45) is 12.5 Å². The van der Waals surface area contributed by atoms with E-state index >= 15 is 0 Å². The number of hydrogen-bond acceptors (Lipinski definition) is 4.